The second-order valence-electron chi connectivity index (χ2n) is 6.45. The van der Waals surface area contributed by atoms with Gasteiger partial charge in [-0.2, -0.15) is 0 Å². The van der Waals surface area contributed by atoms with Crippen molar-refractivity contribution in [2.75, 3.05) is 23.5 Å². The van der Waals surface area contributed by atoms with Crippen molar-refractivity contribution in [1.29, 1.82) is 0 Å². The summed E-state index contributed by atoms with van der Waals surface area (Å²) in [4.78, 5) is 38.5. The van der Waals surface area contributed by atoms with Crippen molar-refractivity contribution in [1.82, 2.24) is 0 Å². The molecule has 0 saturated carbocycles. The molecule has 2 amide bonds. The monoisotopic (exact) mass is 418 g/mol. The molecule has 0 saturated heterocycles. The van der Waals surface area contributed by atoms with E-state index >= 15 is 0 Å². The molecular weight excluding hydrogens is 396 g/mol. The maximum Gasteiger partial charge on any atom is 0.341 e. The van der Waals surface area contributed by atoms with Crippen LogP contribution in [0.15, 0.2) is 29.2 Å². The molecule has 0 fully saturated rings. The van der Waals surface area contributed by atoms with Crippen molar-refractivity contribution in [3.63, 3.8) is 0 Å². The predicted octanol–water partition coefficient (Wildman–Crippen LogP) is 4.10. The van der Waals surface area contributed by atoms with Crippen LogP contribution in [-0.4, -0.2) is 30.6 Å². The van der Waals surface area contributed by atoms with Crippen molar-refractivity contribution in [2.45, 2.75) is 37.5 Å². The summed E-state index contributed by atoms with van der Waals surface area (Å²) in [5.41, 5.74) is 1.99. The van der Waals surface area contributed by atoms with Gasteiger partial charge in [-0.3, -0.25) is 9.59 Å². The minimum absolute atomic E-state index is 0.237. The molecule has 1 aliphatic rings. The lowest BCUT2D eigenvalue weighted by molar-refractivity contribution is -0.119. The highest BCUT2D eigenvalue weighted by molar-refractivity contribution is 7.98. The van der Waals surface area contributed by atoms with Crippen LogP contribution in [0.2, 0.25) is 0 Å². The normalized spacial score (nSPS) is 12.8. The highest BCUT2D eigenvalue weighted by Crippen LogP contribution is 2.38. The van der Waals surface area contributed by atoms with Gasteiger partial charge in [-0.05, 0) is 55.7 Å². The van der Waals surface area contributed by atoms with E-state index in [2.05, 4.69) is 10.6 Å². The van der Waals surface area contributed by atoms with Gasteiger partial charge in [0.05, 0.1) is 5.56 Å². The van der Waals surface area contributed by atoms with Gasteiger partial charge in [0.2, 0.25) is 5.91 Å². The SMILES string of the molecule is CSc1cccc(NC(=O)COC(=O)c2c(NC(C)=O)sc3c2CCCC3)c1. The molecule has 8 heteroatoms. The molecule has 0 bridgehead atoms. The van der Waals surface area contributed by atoms with E-state index < -0.39 is 11.9 Å². The first-order valence-electron chi connectivity index (χ1n) is 9.01. The minimum atomic E-state index is -0.573. The van der Waals surface area contributed by atoms with Crippen LogP contribution in [0.4, 0.5) is 10.7 Å². The number of hydrogen-bond donors (Lipinski definition) is 2. The molecule has 0 unspecified atom stereocenters. The zero-order valence-electron chi connectivity index (χ0n) is 15.8. The number of esters is 1. The number of fused-ring (bicyclic) bond motifs is 1. The van der Waals surface area contributed by atoms with Gasteiger partial charge < -0.3 is 15.4 Å². The van der Waals surface area contributed by atoms with Crippen molar-refractivity contribution >= 4 is 51.6 Å². The Kier molecular flexibility index (Phi) is 6.74. The molecule has 148 valence electrons. The number of rotatable bonds is 6. The van der Waals surface area contributed by atoms with Crippen molar-refractivity contribution in [2.24, 2.45) is 0 Å². The van der Waals surface area contributed by atoms with Crippen LogP contribution in [0, 0.1) is 0 Å². The third-order valence-electron chi connectivity index (χ3n) is 4.35. The number of benzene rings is 1. The number of amides is 2. The van der Waals surface area contributed by atoms with Gasteiger partial charge in [-0.25, -0.2) is 4.79 Å². The number of thiophene rings is 1. The summed E-state index contributed by atoms with van der Waals surface area (Å²) in [6.07, 6.45) is 5.70. The number of ether oxygens (including phenoxy) is 1. The number of carbonyl (C=O) groups excluding carboxylic acids is 3. The zero-order chi connectivity index (χ0) is 20.1. The van der Waals surface area contributed by atoms with Crippen LogP contribution in [0.1, 0.15) is 40.6 Å². The fraction of sp³-hybridized carbons (Fsp3) is 0.350. The fourth-order valence-electron chi connectivity index (χ4n) is 3.13. The lowest BCUT2D eigenvalue weighted by Crippen LogP contribution is -2.22. The third-order valence-corrected chi connectivity index (χ3v) is 6.29. The van der Waals surface area contributed by atoms with Gasteiger partial charge in [0, 0.05) is 22.4 Å². The number of carbonyl (C=O) groups is 3. The Hall–Kier alpha value is -2.32. The largest absolute Gasteiger partial charge is 0.452 e. The Labute approximate surface area is 172 Å². The Balaban J connectivity index is 1.68. The van der Waals surface area contributed by atoms with Crippen LogP contribution >= 0.6 is 23.1 Å². The molecule has 1 aliphatic carbocycles. The van der Waals surface area contributed by atoms with Gasteiger partial charge in [-0.15, -0.1) is 23.1 Å². The molecule has 0 atom stereocenters. The topological polar surface area (TPSA) is 84.5 Å². The molecule has 1 heterocycles. The predicted molar refractivity (Wildman–Crippen MR) is 112 cm³/mol. The lowest BCUT2D eigenvalue weighted by Gasteiger charge is -2.13. The smallest absolute Gasteiger partial charge is 0.341 e. The summed E-state index contributed by atoms with van der Waals surface area (Å²) in [5.74, 6) is -1.22. The number of thioether (sulfide) groups is 1. The quantitative estimate of drug-likeness (QED) is 0.545. The van der Waals surface area contributed by atoms with Gasteiger partial charge in [-0.1, -0.05) is 6.07 Å². The first-order valence-corrected chi connectivity index (χ1v) is 11.0. The first-order chi connectivity index (χ1) is 13.5. The maximum atomic E-state index is 12.7. The molecule has 2 N–H and O–H groups in total. The van der Waals surface area contributed by atoms with Crippen LogP contribution in [0.3, 0.4) is 0 Å². The molecule has 6 nitrogen and oxygen atoms in total. The fourth-order valence-corrected chi connectivity index (χ4v) is 4.91. The Morgan fingerprint density at radius 1 is 1.18 bits per heavy atom. The zero-order valence-corrected chi connectivity index (χ0v) is 17.4. The first kappa shape index (κ1) is 20.4. The van der Waals surface area contributed by atoms with Crippen molar-refractivity contribution < 1.29 is 19.1 Å². The standard InChI is InChI=1S/C20H22N2O4S2/c1-12(23)21-19-18(15-8-3-4-9-16(15)28-19)20(25)26-11-17(24)22-13-6-5-7-14(10-13)27-2/h5-7,10H,3-4,8-9,11H2,1-2H3,(H,21,23)(H,22,24). The van der Waals surface area contributed by atoms with Gasteiger partial charge in [0.25, 0.3) is 5.91 Å². The minimum Gasteiger partial charge on any atom is -0.452 e. The molecule has 3 rings (SSSR count). The van der Waals surface area contributed by atoms with Crippen molar-refractivity contribution in [3.8, 4) is 0 Å². The average Bonchev–Trinajstić information content (AvgIpc) is 3.03. The van der Waals surface area contributed by atoms with Gasteiger partial charge >= 0.3 is 5.97 Å². The third kappa shape index (κ3) is 4.94. The summed E-state index contributed by atoms with van der Waals surface area (Å²) in [5, 5.41) is 5.97. The van der Waals surface area contributed by atoms with Gasteiger partial charge in [0.1, 0.15) is 5.00 Å². The van der Waals surface area contributed by atoms with Crippen LogP contribution in [-0.2, 0) is 27.2 Å². The van der Waals surface area contributed by atoms with Crippen LogP contribution in [0.5, 0.6) is 0 Å². The molecule has 2 aromatic rings. The second-order valence-corrected chi connectivity index (χ2v) is 8.44. The number of nitrogens with one attached hydrogen (secondary N) is 2. The second kappa shape index (κ2) is 9.25. The molecule has 0 aliphatic heterocycles. The molecular formula is C20H22N2O4S2. The molecule has 0 spiro atoms. The van der Waals surface area contributed by atoms with E-state index in [4.69, 9.17) is 4.74 Å². The van der Waals surface area contributed by atoms with E-state index in [1.54, 1.807) is 17.8 Å². The van der Waals surface area contributed by atoms with E-state index in [0.29, 0.717) is 16.3 Å². The summed E-state index contributed by atoms with van der Waals surface area (Å²) >= 11 is 3.00. The molecule has 1 aromatic heterocycles. The molecule has 0 radical (unpaired) electrons. The highest BCUT2D eigenvalue weighted by Gasteiger charge is 2.27. The summed E-state index contributed by atoms with van der Waals surface area (Å²) in [6, 6.07) is 7.44. The summed E-state index contributed by atoms with van der Waals surface area (Å²) in [7, 11) is 0. The van der Waals surface area contributed by atoms with Crippen LogP contribution < -0.4 is 10.6 Å². The average molecular weight is 419 g/mol. The van der Waals surface area contributed by atoms with E-state index in [-0.39, 0.29) is 12.5 Å². The van der Waals surface area contributed by atoms with E-state index in [1.807, 2.05) is 24.5 Å². The Morgan fingerprint density at radius 2 is 1.96 bits per heavy atom. The number of hydrogen-bond acceptors (Lipinski definition) is 6. The Morgan fingerprint density at radius 3 is 2.71 bits per heavy atom. The van der Waals surface area contributed by atoms with E-state index in [9.17, 15) is 14.4 Å². The maximum absolute atomic E-state index is 12.7. The van der Waals surface area contributed by atoms with E-state index in [1.165, 1.54) is 18.3 Å². The number of anilines is 2. The Bertz CT molecular complexity index is 908. The molecule has 1 aromatic carbocycles. The van der Waals surface area contributed by atoms with Gasteiger partial charge in [0.15, 0.2) is 6.61 Å². The highest BCUT2D eigenvalue weighted by atomic mass is 32.2. The van der Waals surface area contributed by atoms with Crippen molar-refractivity contribution in [3.05, 3.63) is 40.3 Å². The van der Waals surface area contributed by atoms with Crippen LogP contribution in [0.25, 0.3) is 0 Å². The lowest BCUT2D eigenvalue weighted by atomic mass is 9.95. The summed E-state index contributed by atoms with van der Waals surface area (Å²) in [6.45, 7) is 1.02. The summed E-state index contributed by atoms with van der Waals surface area (Å²) < 4.78 is 5.26. The van der Waals surface area contributed by atoms with E-state index in [0.717, 1.165) is 41.0 Å². The molecule has 28 heavy (non-hydrogen) atoms. The number of aryl methyl sites for hydroxylation is 1.